The van der Waals surface area contributed by atoms with E-state index in [9.17, 15) is 9.59 Å². The summed E-state index contributed by atoms with van der Waals surface area (Å²) in [5.74, 6) is 2.90. The van der Waals surface area contributed by atoms with Crippen LogP contribution < -0.4 is 0 Å². The summed E-state index contributed by atoms with van der Waals surface area (Å²) < 4.78 is 0. The minimum Gasteiger partial charge on any atom is -0.340 e. The van der Waals surface area contributed by atoms with Gasteiger partial charge in [-0.25, -0.2) is 0 Å². The van der Waals surface area contributed by atoms with E-state index in [0.717, 1.165) is 67.7 Å². The first-order valence-electron chi connectivity index (χ1n) is 11.2. The van der Waals surface area contributed by atoms with Gasteiger partial charge in [-0.1, -0.05) is 17.7 Å². The van der Waals surface area contributed by atoms with Gasteiger partial charge in [-0.3, -0.25) is 9.59 Å². The SMILES string of the molecule is Cc1cccc(C(=O)N2CCCN(C(=O)C34CC5CC(CC(C5)C3)C4)CC2)c1. The zero-order valence-electron chi connectivity index (χ0n) is 17.0. The van der Waals surface area contributed by atoms with Crippen LogP contribution in [0.15, 0.2) is 24.3 Å². The van der Waals surface area contributed by atoms with Crippen molar-refractivity contribution in [2.75, 3.05) is 26.2 Å². The zero-order chi connectivity index (χ0) is 19.3. The maximum atomic E-state index is 13.6. The fourth-order valence-electron chi connectivity index (χ4n) is 6.99. The Hall–Kier alpha value is -1.84. The van der Waals surface area contributed by atoms with Crippen molar-refractivity contribution in [3.63, 3.8) is 0 Å². The molecule has 1 heterocycles. The van der Waals surface area contributed by atoms with Crippen molar-refractivity contribution in [1.29, 1.82) is 0 Å². The van der Waals surface area contributed by atoms with Crippen LogP contribution in [0.4, 0.5) is 0 Å². The summed E-state index contributed by atoms with van der Waals surface area (Å²) in [5.41, 5.74) is 1.81. The molecule has 0 unspecified atom stereocenters. The van der Waals surface area contributed by atoms with E-state index in [1.807, 2.05) is 36.1 Å². The number of hydrogen-bond donors (Lipinski definition) is 0. The first-order valence-corrected chi connectivity index (χ1v) is 11.2. The third-order valence-corrected chi connectivity index (χ3v) is 7.83. The van der Waals surface area contributed by atoms with Crippen LogP contribution in [0.2, 0.25) is 0 Å². The van der Waals surface area contributed by atoms with Crippen molar-refractivity contribution in [2.24, 2.45) is 23.2 Å². The predicted octanol–water partition coefficient (Wildman–Crippen LogP) is 3.89. The molecule has 5 aliphatic rings. The summed E-state index contributed by atoms with van der Waals surface area (Å²) in [7, 11) is 0. The summed E-state index contributed by atoms with van der Waals surface area (Å²) in [4.78, 5) is 30.6. The number of carbonyl (C=O) groups excluding carboxylic acids is 2. The highest BCUT2D eigenvalue weighted by Gasteiger charge is 2.55. The smallest absolute Gasteiger partial charge is 0.253 e. The van der Waals surface area contributed by atoms with E-state index in [-0.39, 0.29) is 11.3 Å². The molecule has 0 atom stereocenters. The van der Waals surface area contributed by atoms with Crippen LogP contribution in [0.5, 0.6) is 0 Å². The van der Waals surface area contributed by atoms with Crippen LogP contribution in [0.25, 0.3) is 0 Å². The molecule has 0 spiro atoms. The largest absolute Gasteiger partial charge is 0.340 e. The van der Waals surface area contributed by atoms with Crippen LogP contribution in [0, 0.1) is 30.1 Å². The molecule has 4 aliphatic carbocycles. The Balaban J connectivity index is 1.27. The van der Waals surface area contributed by atoms with Crippen LogP contribution in [-0.4, -0.2) is 47.8 Å². The minimum atomic E-state index is -0.0650. The van der Waals surface area contributed by atoms with E-state index in [0.29, 0.717) is 19.0 Å². The van der Waals surface area contributed by atoms with E-state index in [2.05, 4.69) is 4.90 Å². The summed E-state index contributed by atoms with van der Waals surface area (Å²) in [6, 6.07) is 7.83. The molecule has 1 aromatic rings. The first-order chi connectivity index (χ1) is 13.5. The molecule has 4 bridgehead atoms. The maximum Gasteiger partial charge on any atom is 0.253 e. The second-order valence-electron chi connectivity index (χ2n) is 10.0. The van der Waals surface area contributed by atoms with Gasteiger partial charge in [0, 0.05) is 31.7 Å². The molecule has 150 valence electrons. The van der Waals surface area contributed by atoms with E-state index < -0.39 is 0 Å². The van der Waals surface area contributed by atoms with Gasteiger partial charge in [0.1, 0.15) is 0 Å². The van der Waals surface area contributed by atoms with Crippen molar-refractivity contribution in [3.8, 4) is 0 Å². The maximum absolute atomic E-state index is 13.6. The molecule has 1 aliphatic heterocycles. The monoisotopic (exact) mass is 380 g/mol. The molecule has 4 saturated carbocycles. The van der Waals surface area contributed by atoms with Crippen LogP contribution in [0.1, 0.15) is 60.9 Å². The number of nitrogens with zero attached hydrogens (tertiary/aromatic N) is 2. The zero-order valence-corrected chi connectivity index (χ0v) is 17.0. The van der Waals surface area contributed by atoms with Gasteiger partial charge in [-0.05, 0) is 81.8 Å². The molecule has 28 heavy (non-hydrogen) atoms. The fourth-order valence-corrected chi connectivity index (χ4v) is 6.99. The van der Waals surface area contributed by atoms with Gasteiger partial charge in [0.05, 0.1) is 5.41 Å². The average Bonchev–Trinajstić information content (AvgIpc) is 2.92. The molecule has 5 fully saturated rings. The highest BCUT2D eigenvalue weighted by molar-refractivity contribution is 5.94. The molecular weight excluding hydrogens is 348 g/mol. The molecule has 1 aromatic carbocycles. The van der Waals surface area contributed by atoms with Gasteiger partial charge >= 0.3 is 0 Å². The molecule has 0 aromatic heterocycles. The number of amides is 2. The van der Waals surface area contributed by atoms with Gasteiger partial charge in [0.15, 0.2) is 0 Å². The van der Waals surface area contributed by atoms with Gasteiger partial charge in [0.2, 0.25) is 5.91 Å². The highest BCUT2D eigenvalue weighted by atomic mass is 16.2. The van der Waals surface area contributed by atoms with Crippen LogP contribution in [-0.2, 0) is 4.79 Å². The molecule has 6 rings (SSSR count). The summed E-state index contributed by atoms with van der Waals surface area (Å²) >= 11 is 0. The standard InChI is InChI=1S/C24H32N2O2/c1-17-4-2-5-21(10-17)22(27)25-6-3-7-26(9-8-25)23(28)24-14-18-11-19(15-24)13-20(12-18)16-24/h2,4-5,10,18-20H,3,6-9,11-16H2,1H3. The van der Waals surface area contributed by atoms with Crippen molar-refractivity contribution >= 4 is 11.8 Å². The van der Waals surface area contributed by atoms with Gasteiger partial charge in [-0.15, -0.1) is 0 Å². The molecule has 1 saturated heterocycles. The molecule has 0 N–H and O–H groups in total. The number of benzene rings is 1. The van der Waals surface area contributed by atoms with E-state index >= 15 is 0 Å². The van der Waals surface area contributed by atoms with Crippen molar-refractivity contribution < 1.29 is 9.59 Å². The number of carbonyl (C=O) groups is 2. The van der Waals surface area contributed by atoms with E-state index in [1.165, 1.54) is 19.3 Å². The van der Waals surface area contributed by atoms with E-state index in [4.69, 9.17) is 0 Å². The Morgan fingerprint density at radius 2 is 1.50 bits per heavy atom. The molecule has 0 radical (unpaired) electrons. The number of aryl methyl sites for hydroxylation is 1. The van der Waals surface area contributed by atoms with Gasteiger partial charge in [-0.2, -0.15) is 0 Å². The third kappa shape index (κ3) is 3.15. The Bertz CT molecular complexity index is 751. The van der Waals surface area contributed by atoms with Crippen molar-refractivity contribution in [2.45, 2.75) is 51.9 Å². The lowest BCUT2D eigenvalue weighted by Gasteiger charge is -2.56. The Labute approximate surface area is 168 Å². The second-order valence-corrected chi connectivity index (χ2v) is 10.0. The van der Waals surface area contributed by atoms with Gasteiger partial charge in [0.25, 0.3) is 5.91 Å². The lowest BCUT2D eigenvalue weighted by Crippen LogP contribution is -2.55. The topological polar surface area (TPSA) is 40.6 Å². The Morgan fingerprint density at radius 1 is 0.893 bits per heavy atom. The summed E-state index contributed by atoms with van der Waals surface area (Å²) in [6.07, 6.45) is 8.36. The highest BCUT2D eigenvalue weighted by Crippen LogP contribution is 2.60. The van der Waals surface area contributed by atoms with Crippen LogP contribution >= 0.6 is 0 Å². The van der Waals surface area contributed by atoms with Crippen molar-refractivity contribution in [3.05, 3.63) is 35.4 Å². The minimum absolute atomic E-state index is 0.0650. The molecule has 4 nitrogen and oxygen atoms in total. The first kappa shape index (κ1) is 18.2. The van der Waals surface area contributed by atoms with E-state index in [1.54, 1.807) is 0 Å². The summed E-state index contributed by atoms with van der Waals surface area (Å²) in [6.45, 7) is 4.92. The fraction of sp³-hybridized carbons (Fsp3) is 0.667. The van der Waals surface area contributed by atoms with Crippen molar-refractivity contribution in [1.82, 2.24) is 9.80 Å². The Morgan fingerprint density at radius 3 is 2.14 bits per heavy atom. The predicted molar refractivity (Wildman–Crippen MR) is 109 cm³/mol. The third-order valence-electron chi connectivity index (χ3n) is 7.83. The lowest BCUT2D eigenvalue weighted by molar-refractivity contribution is -0.157. The quantitative estimate of drug-likeness (QED) is 0.781. The normalized spacial score (nSPS) is 34.4. The Kier molecular flexibility index (Phi) is 4.48. The summed E-state index contributed by atoms with van der Waals surface area (Å²) in [5, 5.41) is 0. The van der Waals surface area contributed by atoms with Crippen LogP contribution in [0.3, 0.4) is 0 Å². The molecule has 2 amide bonds. The van der Waals surface area contributed by atoms with Gasteiger partial charge < -0.3 is 9.80 Å². The second kappa shape index (κ2) is 6.89. The number of rotatable bonds is 2. The lowest BCUT2D eigenvalue weighted by atomic mass is 9.49. The molecule has 4 heteroatoms. The average molecular weight is 381 g/mol. The molecular formula is C24H32N2O2. The number of hydrogen-bond acceptors (Lipinski definition) is 2.